The van der Waals surface area contributed by atoms with E-state index in [1.54, 1.807) is 30.9 Å². The number of thioether (sulfide) groups is 1. The molecule has 3 heterocycles. The summed E-state index contributed by atoms with van der Waals surface area (Å²) < 4.78 is 6.85. The molecule has 0 saturated heterocycles. The third-order valence-electron chi connectivity index (χ3n) is 3.02. The van der Waals surface area contributed by atoms with Crippen molar-refractivity contribution in [3.05, 3.63) is 34.2 Å². The fraction of sp³-hybridized carbons (Fsp3) is 0.308. The molecule has 0 saturated carbocycles. The van der Waals surface area contributed by atoms with E-state index < -0.39 is 5.97 Å². The smallest absolute Gasteiger partial charge is 0.355 e. The Kier molecular flexibility index (Phi) is 3.02. The Morgan fingerprint density at radius 3 is 3.21 bits per heavy atom. The highest BCUT2D eigenvalue weighted by Gasteiger charge is 2.21. The van der Waals surface area contributed by atoms with Crippen LogP contribution in [0.15, 0.2) is 28.2 Å². The van der Waals surface area contributed by atoms with Crippen LogP contribution in [0, 0.1) is 0 Å². The maximum Gasteiger partial charge on any atom is 0.355 e. The largest absolute Gasteiger partial charge is 0.461 e. The molecule has 0 unspecified atom stereocenters. The van der Waals surface area contributed by atoms with Crippen molar-refractivity contribution >= 4 is 28.6 Å². The Bertz CT molecular complexity index is 724. The quantitative estimate of drug-likeness (QED) is 0.781. The number of ether oxygens (including phenoxy) is 1. The maximum absolute atomic E-state index is 12.1. The highest BCUT2D eigenvalue weighted by atomic mass is 32.2. The molecule has 0 spiro atoms. The van der Waals surface area contributed by atoms with E-state index in [0.717, 1.165) is 16.3 Å². The van der Waals surface area contributed by atoms with Gasteiger partial charge in [0.05, 0.1) is 12.1 Å². The van der Waals surface area contributed by atoms with E-state index in [1.807, 2.05) is 4.57 Å². The van der Waals surface area contributed by atoms with Gasteiger partial charge in [-0.05, 0) is 13.0 Å². The van der Waals surface area contributed by atoms with Gasteiger partial charge in [-0.1, -0.05) is 0 Å². The Labute approximate surface area is 113 Å². The average molecular weight is 276 g/mol. The number of carbonyl (C=O) groups excluding carboxylic acids is 1. The SMILES string of the molecule is CCOC(=O)c1cc(=O)c2ccnc3c2n1CCS3. The molecule has 2 aromatic rings. The molecule has 1 aliphatic rings. The van der Waals surface area contributed by atoms with E-state index in [2.05, 4.69) is 4.98 Å². The zero-order valence-corrected chi connectivity index (χ0v) is 11.2. The van der Waals surface area contributed by atoms with Gasteiger partial charge in [0.25, 0.3) is 0 Å². The first-order valence-electron chi connectivity index (χ1n) is 6.05. The molecule has 0 radical (unpaired) electrons. The van der Waals surface area contributed by atoms with Gasteiger partial charge >= 0.3 is 5.97 Å². The Morgan fingerprint density at radius 1 is 1.58 bits per heavy atom. The number of hydrogen-bond donors (Lipinski definition) is 0. The second-order valence-electron chi connectivity index (χ2n) is 4.13. The predicted molar refractivity (Wildman–Crippen MR) is 72.7 cm³/mol. The second-order valence-corrected chi connectivity index (χ2v) is 5.21. The maximum atomic E-state index is 12.1. The van der Waals surface area contributed by atoms with Crippen LogP contribution in [-0.4, -0.2) is 27.9 Å². The first-order chi connectivity index (χ1) is 9.22. The van der Waals surface area contributed by atoms with Gasteiger partial charge in [-0.25, -0.2) is 9.78 Å². The molecule has 0 atom stereocenters. The normalized spacial score (nSPS) is 13.5. The predicted octanol–water partition coefficient (Wildman–Crippen LogP) is 1.68. The van der Waals surface area contributed by atoms with Crippen molar-refractivity contribution in [2.75, 3.05) is 12.4 Å². The van der Waals surface area contributed by atoms with Gasteiger partial charge in [-0.3, -0.25) is 4.79 Å². The average Bonchev–Trinajstić information content (AvgIpc) is 2.43. The minimum absolute atomic E-state index is 0.166. The molecule has 0 bridgehead atoms. The topological polar surface area (TPSA) is 61.2 Å². The van der Waals surface area contributed by atoms with Crippen LogP contribution in [-0.2, 0) is 11.3 Å². The van der Waals surface area contributed by atoms with Gasteiger partial charge in [0.15, 0.2) is 5.43 Å². The Morgan fingerprint density at radius 2 is 2.42 bits per heavy atom. The minimum Gasteiger partial charge on any atom is -0.461 e. The molecule has 0 aliphatic carbocycles. The lowest BCUT2D eigenvalue weighted by molar-refractivity contribution is 0.0513. The van der Waals surface area contributed by atoms with Crippen LogP contribution < -0.4 is 5.43 Å². The second kappa shape index (κ2) is 4.70. The first-order valence-corrected chi connectivity index (χ1v) is 7.03. The summed E-state index contributed by atoms with van der Waals surface area (Å²) in [6.45, 7) is 2.71. The molecule has 3 rings (SSSR count). The zero-order valence-electron chi connectivity index (χ0n) is 10.4. The van der Waals surface area contributed by atoms with Crippen LogP contribution in [0.1, 0.15) is 17.4 Å². The van der Waals surface area contributed by atoms with Crippen molar-refractivity contribution in [1.29, 1.82) is 0 Å². The molecule has 98 valence electrons. The summed E-state index contributed by atoms with van der Waals surface area (Å²) in [6, 6.07) is 3.05. The van der Waals surface area contributed by atoms with E-state index >= 15 is 0 Å². The van der Waals surface area contributed by atoms with Gasteiger partial charge in [0.1, 0.15) is 10.7 Å². The number of esters is 1. The van der Waals surface area contributed by atoms with E-state index in [4.69, 9.17) is 4.74 Å². The minimum atomic E-state index is -0.455. The van der Waals surface area contributed by atoms with E-state index in [0.29, 0.717) is 24.2 Å². The third-order valence-corrected chi connectivity index (χ3v) is 3.98. The highest BCUT2D eigenvalue weighted by Crippen LogP contribution is 2.29. The van der Waals surface area contributed by atoms with Crippen LogP contribution in [0.4, 0.5) is 0 Å². The molecule has 0 aromatic carbocycles. The van der Waals surface area contributed by atoms with E-state index in [-0.39, 0.29) is 5.43 Å². The molecular weight excluding hydrogens is 264 g/mol. The van der Waals surface area contributed by atoms with Crippen molar-refractivity contribution in [2.24, 2.45) is 0 Å². The molecule has 0 amide bonds. The van der Waals surface area contributed by atoms with Crippen LogP contribution in [0.2, 0.25) is 0 Å². The van der Waals surface area contributed by atoms with Crippen LogP contribution in [0.5, 0.6) is 0 Å². The summed E-state index contributed by atoms with van der Waals surface area (Å²) in [5, 5.41) is 1.40. The lowest BCUT2D eigenvalue weighted by Gasteiger charge is -2.21. The Balaban J connectivity index is 2.34. The number of aromatic nitrogens is 2. The van der Waals surface area contributed by atoms with Crippen LogP contribution in [0.25, 0.3) is 10.9 Å². The van der Waals surface area contributed by atoms with E-state index in [1.165, 1.54) is 6.07 Å². The van der Waals surface area contributed by atoms with Gasteiger partial charge in [0.2, 0.25) is 0 Å². The molecule has 1 aliphatic heterocycles. The van der Waals surface area contributed by atoms with Crippen LogP contribution in [0.3, 0.4) is 0 Å². The summed E-state index contributed by atoms with van der Waals surface area (Å²) in [6.07, 6.45) is 1.63. The number of nitrogens with zero attached hydrogens (tertiary/aromatic N) is 2. The van der Waals surface area contributed by atoms with Crippen molar-refractivity contribution < 1.29 is 9.53 Å². The van der Waals surface area contributed by atoms with Gasteiger partial charge < -0.3 is 9.30 Å². The summed E-state index contributed by atoms with van der Waals surface area (Å²) in [5.74, 6) is 0.372. The summed E-state index contributed by atoms with van der Waals surface area (Å²) in [5.41, 5.74) is 0.892. The monoisotopic (exact) mass is 276 g/mol. The Hall–Kier alpha value is -1.82. The van der Waals surface area contributed by atoms with Crippen molar-refractivity contribution in [2.45, 2.75) is 18.5 Å². The fourth-order valence-electron chi connectivity index (χ4n) is 2.24. The summed E-state index contributed by atoms with van der Waals surface area (Å²) in [7, 11) is 0. The fourth-order valence-corrected chi connectivity index (χ4v) is 3.20. The standard InChI is InChI=1S/C13H12N2O3S/c1-2-18-13(17)9-7-10(16)8-3-4-14-12-11(8)15(9)5-6-19-12/h3-4,7H,2,5-6H2,1H3. The molecule has 0 N–H and O–H groups in total. The first kappa shape index (κ1) is 12.2. The summed E-state index contributed by atoms with van der Waals surface area (Å²) in [4.78, 5) is 28.3. The number of hydrogen-bond acceptors (Lipinski definition) is 5. The van der Waals surface area contributed by atoms with Crippen molar-refractivity contribution in [3.8, 4) is 0 Å². The number of carbonyl (C=O) groups is 1. The number of rotatable bonds is 2. The lowest BCUT2D eigenvalue weighted by Crippen LogP contribution is -2.23. The summed E-state index contributed by atoms with van der Waals surface area (Å²) >= 11 is 1.60. The van der Waals surface area contributed by atoms with Gasteiger partial charge in [-0.15, -0.1) is 11.8 Å². The number of aryl methyl sites for hydroxylation is 1. The highest BCUT2D eigenvalue weighted by molar-refractivity contribution is 7.99. The molecule has 6 heteroatoms. The molecule has 5 nitrogen and oxygen atoms in total. The lowest BCUT2D eigenvalue weighted by atomic mass is 10.2. The molecular formula is C13H12N2O3S. The zero-order chi connectivity index (χ0) is 13.4. The number of pyridine rings is 2. The van der Waals surface area contributed by atoms with Crippen LogP contribution >= 0.6 is 11.8 Å². The molecule has 19 heavy (non-hydrogen) atoms. The van der Waals surface area contributed by atoms with E-state index in [9.17, 15) is 9.59 Å². The van der Waals surface area contributed by atoms with Gasteiger partial charge in [0, 0.05) is 29.9 Å². The molecule has 2 aromatic heterocycles. The van der Waals surface area contributed by atoms with Crippen molar-refractivity contribution in [3.63, 3.8) is 0 Å². The third kappa shape index (κ3) is 1.92. The van der Waals surface area contributed by atoms with Gasteiger partial charge in [-0.2, -0.15) is 0 Å². The molecule has 0 fully saturated rings. The van der Waals surface area contributed by atoms with Crippen molar-refractivity contribution in [1.82, 2.24) is 9.55 Å².